The third kappa shape index (κ3) is 2.09. The van der Waals surface area contributed by atoms with Crippen LogP contribution in [0.5, 0.6) is 0 Å². The Morgan fingerprint density at radius 3 is 2.17 bits per heavy atom. The number of benzene rings is 1. The van der Waals surface area contributed by atoms with Crippen LogP contribution in [0.2, 0.25) is 0 Å². The Balaban J connectivity index is 2.39. The molecule has 0 bridgehead atoms. The maximum absolute atomic E-state index is 13.6. The smallest absolute Gasteiger partial charge is 0.169 e. The van der Waals surface area contributed by atoms with Gasteiger partial charge in [0, 0.05) is 11.0 Å². The third-order valence-corrected chi connectivity index (χ3v) is 4.42. The van der Waals surface area contributed by atoms with Crippen molar-refractivity contribution in [1.82, 2.24) is 0 Å². The highest BCUT2D eigenvalue weighted by Crippen LogP contribution is 2.43. The molecule has 0 radical (unpaired) electrons. The molecule has 0 amide bonds. The lowest BCUT2D eigenvalue weighted by Gasteiger charge is -2.26. The van der Waals surface area contributed by atoms with E-state index in [0.717, 1.165) is 32.1 Å². The Morgan fingerprint density at radius 1 is 1.22 bits per heavy atom. The molecule has 0 N–H and O–H groups in total. The second kappa shape index (κ2) is 4.83. The molecule has 1 aliphatic rings. The summed E-state index contributed by atoms with van der Waals surface area (Å²) in [6.07, 6.45) is 5.13. The van der Waals surface area contributed by atoms with Gasteiger partial charge in [-0.25, -0.2) is 4.39 Å². The van der Waals surface area contributed by atoms with Crippen molar-refractivity contribution in [2.75, 3.05) is 0 Å². The van der Waals surface area contributed by atoms with Crippen LogP contribution >= 0.6 is 0 Å². The van der Waals surface area contributed by atoms with Gasteiger partial charge >= 0.3 is 0 Å². The zero-order valence-corrected chi connectivity index (χ0v) is 11.5. The van der Waals surface area contributed by atoms with Gasteiger partial charge in [0.2, 0.25) is 0 Å². The topological polar surface area (TPSA) is 17.1 Å². The summed E-state index contributed by atoms with van der Waals surface area (Å²) in [7, 11) is 0. The number of hydrogen-bond acceptors (Lipinski definition) is 1. The molecule has 1 saturated carbocycles. The number of hydrogen-bond donors (Lipinski definition) is 0. The molecule has 0 spiro atoms. The molecular formula is C16H21FO. The minimum atomic E-state index is -0.191. The minimum absolute atomic E-state index is 0.184. The lowest BCUT2D eigenvalue weighted by atomic mass is 9.76. The van der Waals surface area contributed by atoms with Gasteiger partial charge in [-0.2, -0.15) is 0 Å². The lowest BCUT2D eigenvalue weighted by molar-refractivity contribution is 0.0791. The van der Waals surface area contributed by atoms with Crippen molar-refractivity contribution in [2.45, 2.75) is 52.9 Å². The highest BCUT2D eigenvalue weighted by Gasteiger charge is 2.39. The van der Waals surface area contributed by atoms with Crippen molar-refractivity contribution in [3.63, 3.8) is 0 Å². The summed E-state index contributed by atoms with van der Waals surface area (Å²) in [6.45, 7) is 5.55. The summed E-state index contributed by atoms with van der Waals surface area (Å²) in [5, 5.41) is 0. The van der Waals surface area contributed by atoms with E-state index in [-0.39, 0.29) is 17.0 Å². The molecule has 0 atom stereocenters. The van der Waals surface area contributed by atoms with Crippen molar-refractivity contribution in [3.8, 4) is 0 Å². The first-order chi connectivity index (χ1) is 8.50. The molecule has 1 aliphatic carbocycles. The zero-order valence-electron chi connectivity index (χ0n) is 11.5. The molecule has 18 heavy (non-hydrogen) atoms. The normalized spacial score (nSPS) is 18.0. The van der Waals surface area contributed by atoms with Gasteiger partial charge in [0.1, 0.15) is 5.82 Å². The predicted molar refractivity (Wildman–Crippen MR) is 71.4 cm³/mol. The van der Waals surface area contributed by atoms with E-state index in [1.54, 1.807) is 26.0 Å². The van der Waals surface area contributed by atoms with Crippen LogP contribution in [-0.2, 0) is 0 Å². The van der Waals surface area contributed by atoms with Crippen molar-refractivity contribution >= 4 is 5.78 Å². The van der Waals surface area contributed by atoms with Gasteiger partial charge in [-0.3, -0.25) is 4.79 Å². The molecule has 2 rings (SSSR count). The van der Waals surface area contributed by atoms with E-state index in [2.05, 4.69) is 6.92 Å². The molecule has 0 unspecified atom stereocenters. The van der Waals surface area contributed by atoms with Gasteiger partial charge in [-0.15, -0.1) is 0 Å². The first-order valence-electron chi connectivity index (χ1n) is 6.82. The largest absolute Gasteiger partial charge is 0.294 e. The van der Waals surface area contributed by atoms with Gasteiger partial charge in [-0.05, 0) is 56.4 Å². The van der Waals surface area contributed by atoms with E-state index in [4.69, 9.17) is 0 Å². The summed E-state index contributed by atoms with van der Waals surface area (Å²) in [4.78, 5) is 12.7. The minimum Gasteiger partial charge on any atom is -0.294 e. The van der Waals surface area contributed by atoms with E-state index < -0.39 is 0 Å². The van der Waals surface area contributed by atoms with Crippen molar-refractivity contribution < 1.29 is 9.18 Å². The number of ketones is 1. The number of halogens is 1. The Kier molecular flexibility index (Phi) is 3.56. The SMILES string of the molecule is CCC1(C(=O)c2cc(C)c(F)c(C)c2)CCCC1. The van der Waals surface area contributed by atoms with Crippen molar-refractivity contribution in [1.29, 1.82) is 0 Å². The fourth-order valence-electron chi connectivity index (χ4n) is 3.18. The first kappa shape index (κ1) is 13.3. The van der Waals surface area contributed by atoms with Crippen molar-refractivity contribution in [3.05, 3.63) is 34.6 Å². The van der Waals surface area contributed by atoms with Crippen LogP contribution in [0.3, 0.4) is 0 Å². The first-order valence-corrected chi connectivity index (χ1v) is 6.82. The fraction of sp³-hybridized carbons (Fsp3) is 0.562. The second-order valence-corrected chi connectivity index (χ2v) is 5.59. The van der Waals surface area contributed by atoms with Gasteiger partial charge in [0.25, 0.3) is 0 Å². The second-order valence-electron chi connectivity index (χ2n) is 5.59. The van der Waals surface area contributed by atoms with Crippen LogP contribution < -0.4 is 0 Å². The van der Waals surface area contributed by atoms with Crippen LogP contribution in [-0.4, -0.2) is 5.78 Å². The summed E-state index contributed by atoms with van der Waals surface area (Å²) < 4.78 is 13.6. The highest BCUT2D eigenvalue weighted by atomic mass is 19.1. The average molecular weight is 248 g/mol. The number of aryl methyl sites for hydroxylation is 2. The molecule has 0 saturated heterocycles. The van der Waals surface area contributed by atoms with Crippen LogP contribution in [0.25, 0.3) is 0 Å². The van der Waals surface area contributed by atoms with E-state index >= 15 is 0 Å². The number of carbonyl (C=O) groups excluding carboxylic acids is 1. The van der Waals surface area contributed by atoms with Crippen LogP contribution in [0.1, 0.15) is 60.5 Å². The average Bonchev–Trinajstić information content (AvgIpc) is 2.84. The number of rotatable bonds is 3. The molecule has 0 aliphatic heterocycles. The van der Waals surface area contributed by atoms with E-state index in [9.17, 15) is 9.18 Å². The molecule has 0 aromatic heterocycles. The Morgan fingerprint density at radius 2 is 1.72 bits per heavy atom. The quantitative estimate of drug-likeness (QED) is 0.715. The predicted octanol–water partition coefficient (Wildman–Crippen LogP) is 4.60. The van der Waals surface area contributed by atoms with Crippen LogP contribution in [0.15, 0.2) is 12.1 Å². The highest BCUT2D eigenvalue weighted by molar-refractivity contribution is 6.01. The zero-order chi connectivity index (χ0) is 13.3. The summed E-state index contributed by atoms with van der Waals surface area (Å²) in [5.74, 6) is 0.0252. The molecule has 1 nitrogen and oxygen atoms in total. The summed E-state index contributed by atoms with van der Waals surface area (Å²) in [6, 6.07) is 3.42. The molecule has 1 aromatic carbocycles. The summed E-state index contributed by atoms with van der Waals surface area (Å²) >= 11 is 0. The van der Waals surface area contributed by atoms with Crippen LogP contribution in [0, 0.1) is 25.1 Å². The standard InChI is InChI=1S/C16H21FO/c1-4-16(7-5-6-8-16)15(18)13-9-11(2)14(17)12(3)10-13/h9-10H,4-8H2,1-3H3. The van der Waals surface area contributed by atoms with E-state index in [1.165, 1.54) is 0 Å². The number of Topliss-reactive ketones (excluding diaryl/α,β-unsaturated/α-hetero) is 1. The Bertz CT molecular complexity index is 447. The molecular weight excluding hydrogens is 227 g/mol. The Labute approximate surface area is 108 Å². The molecule has 0 heterocycles. The van der Waals surface area contributed by atoms with E-state index in [0.29, 0.717) is 16.7 Å². The molecule has 1 aromatic rings. The number of carbonyl (C=O) groups is 1. The van der Waals surface area contributed by atoms with Gasteiger partial charge < -0.3 is 0 Å². The van der Waals surface area contributed by atoms with Crippen LogP contribution in [0.4, 0.5) is 4.39 Å². The summed E-state index contributed by atoms with van der Waals surface area (Å²) in [5.41, 5.74) is 1.65. The van der Waals surface area contributed by atoms with Gasteiger partial charge in [0.05, 0.1) is 0 Å². The third-order valence-electron chi connectivity index (χ3n) is 4.42. The van der Waals surface area contributed by atoms with Gasteiger partial charge in [0.15, 0.2) is 5.78 Å². The fourth-order valence-corrected chi connectivity index (χ4v) is 3.18. The molecule has 1 fully saturated rings. The van der Waals surface area contributed by atoms with Crippen molar-refractivity contribution in [2.24, 2.45) is 5.41 Å². The van der Waals surface area contributed by atoms with Gasteiger partial charge in [-0.1, -0.05) is 19.8 Å². The molecule has 2 heteroatoms. The Hall–Kier alpha value is -1.18. The van der Waals surface area contributed by atoms with E-state index in [1.807, 2.05) is 0 Å². The lowest BCUT2D eigenvalue weighted by Crippen LogP contribution is -2.27. The maximum atomic E-state index is 13.6. The molecule has 98 valence electrons. The monoisotopic (exact) mass is 248 g/mol. The maximum Gasteiger partial charge on any atom is 0.169 e.